The molecule has 1 aromatic heterocycles. The molecule has 0 bridgehead atoms. The maximum absolute atomic E-state index is 11.2. The summed E-state index contributed by atoms with van der Waals surface area (Å²) in [6.45, 7) is 7.73. The molecule has 1 fully saturated rings. The first-order chi connectivity index (χ1) is 12.6. The highest BCUT2D eigenvalue weighted by Gasteiger charge is 2.27. The number of hydrogen-bond donors (Lipinski definition) is 1. The molecule has 5 nitrogen and oxygen atoms in total. The SMILES string of the molecule is CC(C)Cc1ccc2c(c1)c(C1=NCCOC1)c(O)n2C1CCOCC1. The number of ether oxygens (including phenoxy) is 2. The Hall–Kier alpha value is -1.85. The van der Waals surface area contributed by atoms with Gasteiger partial charge in [-0.15, -0.1) is 0 Å². The predicted molar refractivity (Wildman–Crippen MR) is 103 cm³/mol. The molecule has 0 amide bonds. The summed E-state index contributed by atoms with van der Waals surface area (Å²) >= 11 is 0. The minimum atomic E-state index is 0.265. The van der Waals surface area contributed by atoms with Gasteiger partial charge in [-0.1, -0.05) is 19.9 Å². The van der Waals surface area contributed by atoms with E-state index in [1.807, 2.05) is 0 Å². The van der Waals surface area contributed by atoms with Crippen LogP contribution in [0.3, 0.4) is 0 Å². The van der Waals surface area contributed by atoms with Crippen LogP contribution in [0.4, 0.5) is 0 Å². The maximum atomic E-state index is 11.2. The van der Waals surface area contributed by atoms with Crippen LogP contribution in [0.1, 0.15) is 43.9 Å². The average molecular weight is 356 g/mol. The lowest BCUT2D eigenvalue weighted by atomic mass is 9.99. The van der Waals surface area contributed by atoms with Crippen LogP contribution in [0.25, 0.3) is 10.9 Å². The Morgan fingerprint density at radius 3 is 2.69 bits per heavy atom. The normalized spacial score (nSPS) is 19.3. The summed E-state index contributed by atoms with van der Waals surface area (Å²) in [6, 6.07) is 6.86. The summed E-state index contributed by atoms with van der Waals surface area (Å²) in [5.74, 6) is 0.926. The second-order valence-electron chi connectivity index (χ2n) is 7.74. The average Bonchev–Trinajstić information content (AvgIpc) is 2.94. The molecule has 4 rings (SSSR count). The summed E-state index contributed by atoms with van der Waals surface area (Å²) in [5, 5.41) is 12.3. The second-order valence-corrected chi connectivity index (χ2v) is 7.74. The number of nitrogens with zero attached hydrogens (tertiary/aromatic N) is 2. The monoisotopic (exact) mass is 356 g/mol. The molecule has 1 N–H and O–H groups in total. The van der Waals surface area contributed by atoms with Crippen LogP contribution in [0.2, 0.25) is 0 Å². The first-order valence-electron chi connectivity index (χ1n) is 9.70. The third-order valence-electron chi connectivity index (χ3n) is 5.31. The highest BCUT2D eigenvalue weighted by Crippen LogP contribution is 2.38. The van der Waals surface area contributed by atoms with Gasteiger partial charge in [-0.3, -0.25) is 4.99 Å². The van der Waals surface area contributed by atoms with Gasteiger partial charge >= 0.3 is 0 Å². The Labute approximate surface area is 154 Å². The molecule has 0 unspecified atom stereocenters. The van der Waals surface area contributed by atoms with E-state index in [9.17, 15) is 5.11 Å². The largest absolute Gasteiger partial charge is 0.494 e. The third kappa shape index (κ3) is 3.26. The van der Waals surface area contributed by atoms with Crippen LogP contribution >= 0.6 is 0 Å². The molecule has 0 radical (unpaired) electrons. The van der Waals surface area contributed by atoms with E-state index in [1.165, 1.54) is 5.56 Å². The molecule has 0 atom stereocenters. The molecule has 2 aromatic rings. The summed E-state index contributed by atoms with van der Waals surface area (Å²) in [6.07, 6.45) is 2.88. The summed E-state index contributed by atoms with van der Waals surface area (Å²) in [5.41, 5.74) is 4.11. The number of hydrogen-bond acceptors (Lipinski definition) is 4. The Kier molecular flexibility index (Phi) is 5.00. The minimum Gasteiger partial charge on any atom is -0.494 e. The number of fused-ring (bicyclic) bond motifs is 1. The van der Waals surface area contributed by atoms with E-state index in [4.69, 9.17) is 9.47 Å². The van der Waals surface area contributed by atoms with Crippen molar-refractivity contribution in [2.24, 2.45) is 10.9 Å². The van der Waals surface area contributed by atoms with Crippen molar-refractivity contribution >= 4 is 16.6 Å². The van der Waals surface area contributed by atoms with E-state index in [0.29, 0.717) is 31.6 Å². The van der Waals surface area contributed by atoms with Gasteiger partial charge in [0.05, 0.1) is 36.6 Å². The van der Waals surface area contributed by atoms with Crippen LogP contribution in [-0.4, -0.2) is 48.4 Å². The van der Waals surface area contributed by atoms with Crippen molar-refractivity contribution in [1.29, 1.82) is 0 Å². The Bertz CT molecular complexity index is 816. The van der Waals surface area contributed by atoms with Crippen molar-refractivity contribution in [2.75, 3.05) is 33.0 Å². The van der Waals surface area contributed by atoms with Crippen LogP contribution in [-0.2, 0) is 15.9 Å². The summed E-state index contributed by atoms with van der Waals surface area (Å²) in [7, 11) is 0. The molecule has 3 heterocycles. The van der Waals surface area contributed by atoms with E-state index in [-0.39, 0.29) is 6.04 Å². The van der Waals surface area contributed by atoms with Gasteiger partial charge in [0.1, 0.15) is 0 Å². The van der Waals surface area contributed by atoms with Gasteiger partial charge in [-0.05, 0) is 42.9 Å². The Morgan fingerprint density at radius 1 is 1.19 bits per heavy atom. The van der Waals surface area contributed by atoms with Crippen molar-refractivity contribution in [2.45, 2.75) is 39.2 Å². The molecule has 1 saturated heterocycles. The molecule has 26 heavy (non-hydrogen) atoms. The summed E-state index contributed by atoms with van der Waals surface area (Å²) < 4.78 is 13.2. The van der Waals surface area contributed by atoms with Crippen LogP contribution in [0.5, 0.6) is 5.88 Å². The van der Waals surface area contributed by atoms with Crippen molar-refractivity contribution < 1.29 is 14.6 Å². The standard InChI is InChI=1S/C21H28N2O3/c1-14(2)11-15-3-4-19-17(12-15)20(18-13-26-10-7-22-18)21(24)23(19)16-5-8-25-9-6-16/h3-4,12,14,16,24H,5-11,13H2,1-2H3. The summed E-state index contributed by atoms with van der Waals surface area (Å²) in [4.78, 5) is 4.65. The van der Waals surface area contributed by atoms with Gasteiger partial charge in [0, 0.05) is 24.6 Å². The number of rotatable bonds is 4. The van der Waals surface area contributed by atoms with E-state index in [1.54, 1.807) is 0 Å². The zero-order chi connectivity index (χ0) is 18.1. The lowest BCUT2D eigenvalue weighted by Crippen LogP contribution is -2.20. The van der Waals surface area contributed by atoms with Crippen molar-refractivity contribution in [3.63, 3.8) is 0 Å². The van der Waals surface area contributed by atoms with E-state index < -0.39 is 0 Å². The van der Waals surface area contributed by atoms with Gasteiger partial charge in [0.2, 0.25) is 5.88 Å². The van der Waals surface area contributed by atoms with Crippen molar-refractivity contribution in [3.8, 4) is 5.88 Å². The molecule has 0 saturated carbocycles. The maximum Gasteiger partial charge on any atom is 0.201 e. The quantitative estimate of drug-likeness (QED) is 0.908. The van der Waals surface area contributed by atoms with E-state index in [0.717, 1.165) is 54.7 Å². The topological polar surface area (TPSA) is 56.0 Å². The van der Waals surface area contributed by atoms with E-state index >= 15 is 0 Å². The number of benzene rings is 1. The van der Waals surface area contributed by atoms with Crippen LogP contribution < -0.4 is 0 Å². The Morgan fingerprint density at radius 2 is 2.00 bits per heavy atom. The first-order valence-corrected chi connectivity index (χ1v) is 9.70. The molecule has 0 aliphatic carbocycles. The van der Waals surface area contributed by atoms with Gasteiger partial charge in [-0.25, -0.2) is 0 Å². The van der Waals surface area contributed by atoms with Gasteiger partial charge in [0.25, 0.3) is 0 Å². The molecule has 2 aliphatic heterocycles. The zero-order valence-corrected chi connectivity index (χ0v) is 15.7. The fourth-order valence-corrected chi connectivity index (χ4v) is 4.16. The van der Waals surface area contributed by atoms with Crippen molar-refractivity contribution in [3.05, 3.63) is 29.3 Å². The van der Waals surface area contributed by atoms with E-state index in [2.05, 4.69) is 41.6 Å². The first kappa shape index (κ1) is 17.6. The lowest BCUT2D eigenvalue weighted by molar-refractivity contribution is 0.0688. The zero-order valence-electron chi connectivity index (χ0n) is 15.7. The van der Waals surface area contributed by atoms with Gasteiger partial charge < -0.3 is 19.1 Å². The molecule has 0 spiro atoms. The Balaban J connectivity index is 1.88. The lowest BCUT2D eigenvalue weighted by Gasteiger charge is -2.25. The second kappa shape index (κ2) is 7.41. The number of aliphatic imine (C=N–C) groups is 1. The highest BCUT2D eigenvalue weighted by molar-refractivity contribution is 6.14. The molecular weight excluding hydrogens is 328 g/mol. The smallest absolute Gasteiger partial charge is 0.201 e. The van der Waals surface area contributed by atoms with Gasteiger partial charge in [0.15, 0.2) is 0 Å². The molecule has 140 valence electrons. The fourth-order valence-electron chi connectivity index (χ4n) is 4.16. The van der Waals surface area contributed by atoms with Crippen molar-refractivity contribution in [1.82, 2.24) is 4.57 Å². The third-order valence-corrected chi connectivity index (χ3v) is 5.31. The molecule has 2 aliphatic rings. The highest BCUT2D eigenvalue weighted by atomic mass is 16.5. The van der Waals surface area contributed by atoms with Crippen LogP contribution in [0.15, 0.2) is 23.2 Å². The minimum absolute atomic E-state index is 0.265. The van der Waals surface area contributed by atoms with Gasteiger partial charge in [-0.2, -0.15) is 0 Å². The molecular formula is C21H28N2O3. The van der Waals surface area contributed by atoms with Crippen LogP contribution in [0, 0.1) is 5.92 Å². The molecule has 1 aromatic carbocycles. The molecule has 5 heteroatoms. The number of aromatic nitrogens is 1. The number of aromatic hydroxyl groups is 1. The fraction of sp³-hybridized carbons (Fsp3) is 0.571. The predicted octanol–water partition coefficient (Wildman–Crippen LogP) is 3.72.